The zero-order chi connectivity index (χ0) is 10.5. The molecule has 0 amide bonds. The summed E-state index contributed by atoms with van der Waals surface area (Å²) < 4.78 is 0. The minimum Gasteiger partial charge on any atom is -0.314 e. The lowest BCUT2D eigenvalue weighted by Gasteiger charge is -2.40. The van der Waals surface area contributed by atoms with Crippen molar-refractivity contribution in [2.24, 2.45) is 5.92 Å². The van der Waals surface area contributed by atoms with E-state index >= 15 is 0 Å². The first-order valence-electron chi connectivity index (χ1n) is 6.86. The Morgan fingerprint density at radius 2 is 1.80 bits per heavy atom. The highest BCUT2D eigenvalue weighted by Crippen LogP contribution is 2.30. The second-order valence-electron chi connectivity index (χ2n) is 5.16. The number of nitrogens with zero attached hydrogens (tertiary/aromatic N) is 1. The first-order chi connectivity index (χ1) is 7.42. The van der Waals surface area contributed by atoms with Gasteiger partial charge in [-0.1, -0.05) is 26.2 Å². The molecule has 1 N–H and O–H groups in total. The normalized spacial score (nSPS) is 27.8. The topological polar surface area (TPSA) is 15.3 Å². The van der Waals surface area contributed by atoms with Crippen LogP contribution in [0, 0.1) is 5.92 Å². The quantitative estimate of drug-likeness (QED) is 0.768. The second-order valence-corrected chi connectivity index (χ2v) is 5.16. The van der Waals surface area contributed by atoms with Crippen LogP contribution >= 0.6 is 0 Å². The van der Waals surface area contributed by atoms with Crippen molar-refractivity contribution in [3.8, 4) is 0 Å². The molecule has 1 aliphatic carbocycles. The highest BCUT2D eigenvalue weighted by atomic mass is 15.2. The summed E-state index contributed by atoms with van der Waals surface area (Å²) in [6, 6.07) is 0.882. The van der Waals surface area contributed by atoms with Crippen LogP contribution in [0.4, 0.5) is 0 Å². The van der Waals surface area contributed by atoms with Gasteiger partial charge in [0.25, 0.3) is 0 Å². The summed E-state index contributed by atoms with van der Waals surface area (Å²) in [4.78, 5) is 2.74. The maximum Gasteiger partial charge on any atom is 0.0122 e. The minimum absolute atomic E-state index is 0.882. The zero-order valence-corrected chi connectivity index (χ0v) is 10.2. The molecule has 2 nitrogen and oxygen atoms in total. The lowest BCUT2D eigenvalue weighted by molar-refractivity contribution is 0.100. The van der Waals surface area contributed by atoms with E-state index in [4.69, 9.17) is 0 Å². The van der Waals surface area contributed by atoms with Gasteiger partial charge < -0.3 is 5.32 Å². The van der Waals surface area contributed by atoms with Crippen molar-refractivity contribution in [3.63, 3.8) is 0 Å². The van der Waals surface area contributed by atoms with Gasteiger partial charge in [0, 0.05) is 32.2 Å². The standard InChI is InChI=1S/C13H26N2/c1-2-13(12-6-4-3-5-7-12)15-10-8-14-9-11-15/h12-14H,2-11H2,1H3. The summed E-state index contributed by atoms with van der Waals surface area (Å²) in [5.74, 6) is 1.00. The summed E-state index contributed by atoms with van der Waals surface area (Å²) in [7, 11) is 0. The van der Waals surface area contributed by atoms with Gasteiger partial charge in [-0.05, 0) is 25.2 Å². The van der Waals surface area contributed by atoms with Crippen molar-refractivity contribution in [1.82, 2.24) is 10.2 Å². The van der Waals surface area contributed by atoms with Gasteiger partial charge in [-0.3, -0.25) is 4.90 Å². The molecular weight excluding hydrogens is 184 g/mol. The smallest absolute Gasteiger partial charge is 0.0122 e. The average molecular weight is 210 g/mol. The molecular formula is C13H26N2. The SMILES string of the molecule is CCC(C1CCCCC1)N1CCNCC1. The van der Waals surface area contributed by atoms with Crippen LogP contribution in [0.5, 0.6) is 0 Å². The van der Waals surface area contributed by atoms with Gasteiger partial charge in [0.15, 0.2) is 0 Å². The van der Waals surface area contributed by atoms with E-state index < -0.39 is 0 Å². The summed E-state index contributed by atoms with van der Waals surface area (Å²) in [6.45, 7) is 7.32. The molecule has 2 aliphatic rings. The molecule has 0 aromatic heterocycles. The number of hydrogen-bond acceptors (Lipinski definition) is 2. The van der Waals surface area contributed by atoms with E-state index in [1.54, 1.807) is 0 Å². The molecule has 1 aliphatic heterocycles. The molecule has 1 saturated carbocycles. The van der Waals surface area contributed by atoms with E-state index in [2.05, 4.69) is 17.1 Å². The van der Waals surface area contributed by atoms with Crippen molar-refractivity contribution in [2.75, 3.05) is 26.2 Å². The van der Waals surface area contributed by atoms with Crippen molar-refractivity contribution in [2.45, 2.75) is 51.5 Å². The van der Waals surface area contributed by atoms with Gasteiger partial charge in [0.05, 0.1) is 0 Å². The number of nitrogens with one attached hydrogen (secondary N) is 1. The monoisotopic (exact) mass is 210 g/mol. The summed E-state index contributed by atoms with van der Waals surface area (Å²) in [6.07, 6.45) is 8.77. The minimum atomic E-state index is 0.882. The van der Waals surface area contributed by atoms with Crippen LogP contribution in [-0.2, 0) is 0 Å². The average Bonchev–Trinajstić information content (AvgIpc) is 2.33. The van der Waals surface area contributed by atoms with Crippen LogP contribution in [0.3, 0.4) is 0 Å². The highest BCUT2D eigenvalue weighted by molar-refractivity contribution is 4.83. The Kier molecular flexibility index (Phi) is 4.45. The van der Waals surface area contributed by atoms with Gasteiger partial charge in [0.2, 0.25) is 0 Å². The Morgan fingerprint density at radius 3 is 2.40 bits per heavy atom. The predicted molar refractivity (Wildman–Crippen MR) is 65.1 cm³/mol. The van der Waals surface area contributed by atoms with E-state index in [1.807, 2.05) is 0 Å². The van der Waals surface area contributed by atoms with Crippen LogP contribution in [0.2, 0.25) is 0 Å². The number of piperazine rings is 1. The van der Waals surface area contributed by atoms with Gasteiger partial charge in [-0.25, -0.2) is 0 Å². The highest BCUT2D eigenvalue weighted by Gasteiger charge is 2.27. The Bertz CT molecular complexity index is 151. The van der Waals surface area contributed by atoms with E-state index in [1.165, 1.54) is 64.7 Å². The van der Waals surface area contributed by atoms with Gasteiger partial charge in [-0.15, -0.1) is 0 Å². The van der Waals surface area contributed by atoms with Crippen LogP contribution in [0.1, 0.15) is 45.4 Å². The molecule has 0 bridgehead atoms. The molecule has 1 atom stereocenters. The fourth-order valence-corrected chi connectivity index (χ4v) is 3.42. The third kappa shape index (κ3) is 2.94. The molecule has 15 heavy (non-hydrogen) atoms. The Balaban J connectivity index is 1.88. The molecule has 2 rings (SSSR count). The van der Waals surface area contributed by atoms with Gasteiger partial charge in [0.1, 0.15) is 0 Å². The molecule has 0 spiro atoms. The Morgan fingerprint density at radius 1 is 1.13 bits per heavy atom. The van der Waals surface area contributed by atoms with Crippen LogP contribution < -0.4 is 5.32 Å². The summed E-state index contributed by atoms with van der Waals surface area (Å²) in [5, 5.41) is 3.45. The molecule has 0 radical (unpaired) electrons. The van der Waals surface area contributed by atoms with Crippen molar-refractivity contribution in [3.05, 3.63) is 0 Å². The van der Waals surface area contributed by atoms with E-state index in [-0.39, 0.29) is 0 Å². The molecule has 0 aromatic carbocycles. The van der Waals surface area contributed by atoms with E-state index in [0.29, 0.717) is 0 Å². The van der Waals surface area contributed by atoms with Gasteiger partial charge in [-0.2, -0.15) is 0 Å². The third-order valence-corrected chi connectivity index (χ3v) is 4.23. The lowest BCUT2D eigenvalue weighted by Crippen LogP contribution is -2.50. The molecule has 1 unspecified atom stereocenters. The largest absolute Gasteiger partial charge is 0.314 e. The van der Waals surface area contributed by atoms with Crippen LogP contribution in [0.25, 0.3) is 0 Å². The van der Waals surface area contributed by atoms with Crippen molar-refractivity contribution >= 4 is 0 Å². The second kappa shape index (κ2) is 5.86. The Labute approximate surface area is 94.4 Å². The first kappa shape index (κ1) is 11.4. The molecule has 1 heterocycles. The predicted octanol–water partition coefficient (Wildman–Crippen LogP) is 2.25. The third-order valence-electron chi connectivity index (χ3n) is 4.23. The fourth-order valence-electron chi connectivity index (χ4n) is 3.42. The lowest BCUT2D eigenvalue weighted by atomic mass is 9.82. The van der Waals surface area contributed by atoms with E-state index in [9.17, 15) is 0 Å². The number of hydrogen-bond donors (Lipinski definition) is 1. The fraction of sp³-hybridized carbons (Fsp3) is 1.00. The molecule has 88 valence electrons. The van der Waals surface area contributed by atoms with Crippen molar-refractivity contribution in [1.29, 1.82) is 0 Å². The molecule has 1 saturated heterocycles. The maximum atomic E-state index is 3.45. The van der Waals surface area contributed by atoms with E-state index in [0.717, 1.165) is 12.0 Å². The van der Waals surface area contributed by atoms with Gasteiger partial charge >= 0.3 is 0 Å². The molecule has 2 heteroatoms. The molecule has 2 fully saturated rings. The van der Waals surface area contributed by atoms with Crippen molar-refractivity contribution < 1.29 is 0 Å². The van der Waals surface area contributed by atoms with Crippen LogP contribution in [-0.4, -0.2) is 37.1 Å². The maximum absolute atomic E-state index is 3.45. The van der Waals surface area contributed by atoms with Crippen LogP contribution in [0.15, 0.2) is 0 Å². The number of rotatable bonds is 3. The summed E-state index contributed by atoms with van der Waals surface area (Å²) in [5.41, 5.74) is 0. The summed E-state index contributed by atoms with van der Waals surface area (Å²) >= 11 is 0. The Hall–Kier alpha value is -0.0800. The first-order valence-corrected chi connectivity index (χ1v) is 6.86. The molecule has 0 aromatic rings. The zero-order valence-electron chi connectivity index (χ0n) is 10.2.